The molecule has 0 spiro atoms. The molecule has 0 fully saturated rings. The summed E-state index contributed by atoms with van der Waals surface area (Å²) in [5, 5.41) is 6.98. The Kier molecular flexibility index (Phi) is 2.34. The molecule has 0 aromatic carbocycles. The Morgan fingerprint density at radius 2 is 2.28 bits per heavy atom. The first-order valence-corrected chi connectivity index (χ1v) is 6.06. The average Bonchev–Trinajstić information content (AvgIpc) is 2.95. The minimum absolute atomic E-state index is 0.391. The number of fused-ring (bicyclic) bond motifs is 1. The van der Waals surface area contributed by atoms with Crippen LogP contribution < -0.4 is 5.73 Å². The van der Waals surface area contributed by atoms with Gasteiger partial charge in [0.1, 0.15) is 17.8 Å². The lowest BCUT2D eigenvalue weighted by molar-refractivity contribution is 0.112. The van der Waals surface area contributed by atoms with Crippen LogP contribution in [0.5, 0.6) is 0 Å². The Hall–Kier alpha value is -2.28. The van der Waals surface area contributed by atoms with Crippen LogP contribution >= 0.6 is 11.3 Å². The van der Waals surface area contributed by atoms with E-state index in [2.05, 4.69) is 15.1 Å². The predicted octanol–water partition coefficient (Wildman–Crippen LogP) is 1.49. The highest BCUT2D eigenvalue weighted by Gasteiger charge is 2.16. The standard InChI is InChI=1S/C11H9N5OS/c1-16-11-8(10(12)13-5-14-11)9(15-16)6-2-7(3-17)18-4-6/h2-5H,1H3,(H2,12,13,14). The third-order valence-corrected chi connectivity index (χ3v) is 3.52. The van der Waals surface area contributed by atoms with E-state index in [1.54, 1.807) is 17.8 Å². The zero-order valence-corrected chi connectivity index (χ0v) is 10.3. The second-order valence-corrected chi connectivity index (χ2v) is 4.73. The van der Waals surface area contributed by atoms with Crippen LogP contribution in [-0.2, 0) is 7.05 Å². The van der Waals surface area contributed by atoms with Crippen molar-refractivity contribution in [1.82, 2.24) is 19.7 Å². The van der Waals surface area contributed by atoms with E-state index in [1.807, 2.05) is 5.38 Å². The summed E-state index contributed by atoms with van der Waals surface area (Å²) in [5.74, 6) is 0.391. The van der Waals surface area contributed by atoms with Crippen molar-refractivity contribution in [1.29, 1.82) is 0 Å². The van der Waals surface area contributed by atoms with Gasteiger partial charge in [-0.25, -0.2) is 14.6 Å². The third kappa shape index (κ3) is 1.48. The molecule has 0 aliphatic rings. The summed E-state index contributed by atoms with van der Waals surface area (Å²) in [6.45, 7) is 0. The Morgan fingerprint density at radius 3 is 3.00 bits per heavy atom. The average molecular weight is 259 g/mol. The molecule has 0 saturated carbocycles. The number of thiophene rings is 1. The van der Waals surface area contributed by atoms with Crippen LogP contribution in [0.4, 0.5) is 5.82 Å². The summed E-state index contributed by atoms with van der Waals surface area (Å²) in [6.07, 6.45) is 2.23. The van der Waals surface area contributed by atoms with Crippen molar-refractivity contribution in [3.8, 4) is 11.3 Å². The number of rotatable bonds is 2. The van der Waals surface area contributed by atoms with Crippen LogP contribution in [0.15, 0.2) is 17.8 Å². The van der Waals surface area contributed by atoms with E-state index >= 15 is 0 Å². The van der Waals surface area contributed by atoms with Gasteiger partial charge >= 0.3 is 0 Å². The molecule has 6 nitrogen and oxygen atoms in total. The zero-order valence-electron chi connectivity index (χ0n) is 9.49. The number of anilines is 1. The SMILES string of the molecule is Cn1nc(-c2csc(C=O)c2)c2c(N)ncnc21. The Balaban J connectivity index is 2.32. The largest absolute Gasteiger partial charge is 0.383 e. The molecule has 3 aromatic heterocycles. The number of hydrogen-bond donors (Lipinski definition) is 1. The number of hydrogen-bond acceptors (Lipinski definition) is 6. The second kappa shape index (κ2) is 3.88. The van der Waals surface area contributed by atoms with Gasteiger partial charge in [-0.3, -0.25) is 4.79 Å². The lowest BCUT2D eigenvalue weighted by Crippen LogP contribution is -1.95. The molecule has 3 heterocycles. The molecule has 0 atom stereocenters. The van der Waals surface area contributed by atoms with Gasteiger partial charge in [0.05, 0.1) is 10.3 Å². The summed E-state index contributed by atoms with van der Waals surface area (Å²) in [7, 11) is 1.80. The molecule has 0 bridgehead atoms. The number of aryl methyl sites for hydroxylation is 1. The van der Waals surface area contributed by atoms with Crippen LogP contribution in [0, 0.1) is 0 Å². The topological polar surface area (TPSA) is 86.7 Å². The number of aromatic nitrogens is 4. The predicted molar refractivity (Wildman–Crippen MR) is 69.4 cm³/mol. The minimum Gasteiger partial charge on any atom is -0.383 e. The molecule has 7 heteroatoms. The van der Waals surface area contributed by atoms with E-state index in [0.29, 0.717) is 22.0 Å². The molecule has 2 N–H and O–H groups in total. The maximum absolute atomic E-state index is 10.7. The van der Waals surface area contributed by atoms with Gasteiger partial charge in [0, 0.05) is 18.0 Å². The number of nitrogens with zero attached hydrogens (tertiary/aromatic N) is 4. The fourth-order valence-electron chi connectivity index (χ4n) is 1.85. The quantitative estimate of drug-likeness (QED) is 0.704. The van der Waals surface area contributed by atoms with Crippen LogP contribution in [0.2, 0.25) is 0 Å². The summed E-state index contributed by atoms with van der Waals surface area (Å²) in [6, 6.07) is 1.78. The molecule has 0 radical (unpaired) electrons. The maximum Gasteiger partial charge on any atom is 0.163 e. The van der Waals surface area contributed by atoms with Gasteiger partial charge in [0.25, 0.3) is 0 Å². The van der Waals surface area contributed by atoms with Crippen molar-refractivity contribution in [2.24, 2.45) is 7.05 Å². The number of nitrogens with two attached hydrogens (primary N) is 1. The van der Waals surface area contributed by atoms with Gasteiger partial charge in [0.15, 0.2) is 11.9 Å². The summed E-state index contributed by atoms with van der Waals surface area (Å²) in [4.78, 5) is 19.5. The maximum atomic E-state index is 10.7. The molecule has 0 aliphatic carbocycles. The fraction of sp³-hybridized carbons (Fsp3) is 0.0909. The number of carbonyl (C=O) groups excluding carboxylic acids is 1. The van der Waals surface area contributed by atoms with Crippen molar-refractivity contribution in [2.45, 2.75) is 0 Å². The lowest BCUT2D eigenvalue weighted by atomic mass is 10.2. The number of aldehydes is 1. The highest BCUT2D eigenvalue weighted by atomic mass is 32.1. The number of nitrogen functional groups attached to an aromatic ring is 1. The van der Waals surface area contributed by atoms with Crippen molar-refractivity contribution in [3.05, 3.63) is 22.7 Å². The second-order valence-electron chi connectivity index (χ2n) is 3.79. The first-order valence-electron chi connectivity index (χ1n) is 5.18. The van der Waals surface area contributed by atoms with Crippen molar-refractivity contribution in [3.63, 3.8) is 0 Å². The van der Waals surface area contributed by atoms with Gasteiger partial charge in [0.2, 0.25) is 0 Å². The highest BCUT2D eigenvalue weighted by Crippen LogP contribution is 2.31. The first kappa shape index (κ1) is 10.8. The van der Waals surface area contributed by atoms with Crippen LogP contribution in [-0.4, -0.2) is 26.0 Å². The zero-order chi connectivity index (χ0) is 12.7. The van der Waals surface area contributed by atoms with Crippen LogP contribution in [0.25, 0.3) is 22.3 Å². The van der Waals surface area contributed by atoms with E-state index in [-0.39, 0.29) is 0 Å². The highest BCUT2D eigenvalue weighted by molar-refractivity contribution is 7.12. The summed E-state index contributed by atoms with van der Waals surface area (Å²) < 4.78 is 1.65. The summed E-state index contributed by atoms with van der Waals surface area (Å²) in [5.41, 5.74) is 8.11. The third-order valence-electron chi connectivity index (χ3n) is 2.66. The molecular formula is C11H9N5OS. The van der Waals surface area contributed by atoms with Gasteiger partial charge in [-0.15, -0.1) is 11.3 Å². The van der Waals surface area contributed by atoms with E-state index in [4.69, 9.17) is 5.73 Å². The molecule has 3 aromatic rings. The van der Waals surface area contributed by atoms with Crippen molar-refractivity contribution >= 4 is 34.5 Å². The van der Waals surface area contributed by atoms with E-state index < -0.39 is 0 Å². The number of carbonyl (C=O) groups is 1. The van der Waals surface area contributed by atoms with E-state index in [0.717, 1.165) is 17.2 Å². The van der Waals surface area contributed by atoms with E-state index in [9.17, 15) is 4.79 Å². The molecule has 0 amide bonds. The van der Waals surface area contributed by atoms with Gasteiger partial charge in [-0.05, 0) is 6.07 Å². The first-order chi connectivity index (χ1) is 8.70. The normalized spacial score (nSPS) is 10.9. The lowest BCUT2D eigenvalue weighted by Gasteiger charge is -1.96. The van der Waals surface area contributed by atoms with Crippen molar-refractivity contribution < 1.29 is 4.79 Å². The Morgan fingerprint density at radius 1 is 1.44 bits per heavy atom. The Bertz CT molecular complexity index is 745. The van der Waals surface area contributed by atoms with Gasteiger partial charge in [-0.1, -0.05) is 0 Å². The smallest absolute Gasteiger partial charge is 0.163 e. The molecule has 0 aliphatic heterocycles. The minimum atomic E-state index is 0.391. The van der Waals surface area contributed by atoms with Crippen LogP contribution in [0.1, 0.15) is 9.67 Å². The Labute approximate surface area is 106 Å². The van der Waals surface area contributed by atoms with Gasteiger partial charge < -0.3 is 5.73 Å². The molecule has 0 unspecified atom stereocenters. The van der Waals surface area contributed by atoms with Crippen LogP contribution in [0.3, 0.4) is 0 Å². The summed E-state index contributed by atoms with van der Waals surface area (Å²) >= 11 is 1.37. The fourth-order valence-corrected chi connectivity index (χ4v) is 2.54. The molecule has 0 saturated heterocycles. The van der Waals surface area contributed by atoms with E-state index in [1.165, 1.54) is 17.7 Å². The molecule has 18 heavy (non-hydrogen) atoms. The molecular weight excluding hydrogens is 250 g/mol. The monoisotopic (exact) mass is 259 g/mol. The molecule has 3 rings (SSSR count). The molecule has 90 valence electrons. The van der Waals surface area contributed by atoms with Gasteiger partial charge in [-0.2, -0.15) is 5.10 Å². The van der Waals surface area contributed by atoms with Crippen molar-refractivity contribution in [2.75, 3.05) is 5.73 Å².